The van der Waals surface area contributed by atoms with Crippen LogP contribution in [0.4, 0.5) is 0 Å². The molecule has 3 rings (SSSR count). The summed E-state index contributed by atoms with van der Waals surface area (Å²) in [4.78, 5) is 31.1. The number of carbonyl (C=O) groups is 1. The van der Waals surface area contributed by atoms with Crippen molar-refractivity contribution in [1.29, 1.82) is 0 Å². The number of H-pyrrole nitrogens is 1. The number of nitrogens with one attached hydrogen (secondary N) is 1. The van der Waals surface area contributed by atoms with Crippen molar-refractivity contribution in [1.82, 2.24) is 9.97 Å². The van der Waals surface area contributed by atoms with Gasteiger partial charge in [0.15, 0.2) is 5.43 Å². The van der Waals surface area contributed by atoms with Gasteiger partial charge in [-0.05, 0) is 23.1 Å². The SMILES string of the molecule is CC(C)(C)c1ccc(-c2cc(=O)c3c(C(N)=O)nccc3[nH]2)c(Cl)c1. The van der Waals surface area contributed by atoms with Gasteiger partial charge in [0, 0.05) is 17.8 Å². The van der Waals surface area contributed by atoms with Crippen LogP contribution in [-0.2, 0) is 5.41 Å². The van der Waals surface area contributed by atoms with Crippen molar-refractivity contribution in [2.45, 2.75) is 26.2 Å². The first kappa shape index (κ1) is 17.2. The molecule has 3 N–H and O–H groups in total. The number of carbonyl (C=O) groups excluding carboxylic acids is 1. The van der Waals surface area contributed by atoms with Gasteiger partial charge in [0.05, 0.1) is 21.6 Å². The number of primary amides is 1. The highest BCUT2D eigenvalue weighted by Crippen LogP contribution is 2.32. The minimum atomic E-state index is -0.739. The average molecular weight is 356 g/mol. The number of nitrogens with zero attached hydrogens (tertiary/aromatic N) is 1. The number of hydrogen-bond acceptors (Lipinski definition) is 3. The molecule has 0 aliphatic heterocycles. The zero-order valence-electron chi connectivity index (χ0n) is 14.2. The van der Waals surface area contributed by atoms with Gasteiger partial charge < -0.3 is 10.7 Å². The van der Waals surface area contributed by atoms with E-state index in [1.807, 2.05) is 18.2 Å². The minimum absolute atomic E-state index is 0.0268. The third-order valence-electron chi connectivity index (χ3n) is 4.10. The summed E-state index contributed by atoms with van der Waals surface area (Å²) in [6.45, 7) is 6.32. The molecule has 3 aromatic rings. The van der Waals surface area contributed by atoms with Crippen LogP contribution in [0, 0.1) is 0 Å². The number of nitrogens with two attached hydrogens (primary N) is 1. The van der Waals surface area contributed by atoms with Gasteiger partial charge in [-0.1, -0.05) is 44.5 Å². The molecule has 5 nitrogen and oxygen atoms in total. The summed E-state index contributed by atoms with van der Waals surface area (Å²) in [5, 5.41) is 0.729. The first-order valence-corrected chi connectivity index (χ1v) is 8.18. The van der Waals surface area contributed by atoms with Crippen LogP contribution in [0.2, 0.25) is 5.02 Å². The quantitative estimate of drug-likeness (QED) is 0.735. The second-order valence-corrected chi connectivity index (χ2v) is 7.35. The molecule has 2 heterocycles. The van der Waals surface area contributed by atoms with E-state index in [2.05, 4.69) is 30.7 Å². The molecule has 0 aliphatic carbocycles. The summed E-state index contributed by atoms with van der Waals surface area (Å²) < 4.78 is 0. The molecule has 2 aromatic heterocycles. The van der Waals surface area contributed by atoms with Gasteiger partial charge in [-0.15, -0.1) is 0 Å². The zero-order valence-corrected chi connectivity index (χ0v) is 14.9. The summed E-state index contributed by atoms with van der Waals surface area (Å²) in [6.07, 6.45) is 1.44. The van der Waals surface area contributed by atoms with Crippen molar-refractivity contribution in [2.24, 2.45) is 5.73 Å². The summed E-state index contributed by atoms with van der Waals surface area (Å²) in [5.74, 6) is -0.739. The molecule has 0 atom stereocenters. The molecular formula is C19H18ClN3O2. The molecule has 0 saturated carbocycles. The Morgan fingerprint density at radius 2 is 1.92 bits per heavy atom. The van der Waals surface area contributed by atoms with E-state index < -0.39 is 5.91 Å². The number of rotatable bonds is 2. The number of aromatic nitrogens is 2. The molecule has 0 spiro atoms. The van der Waals surface area contributed by atoms with Gasteiger partial charge in [-0.25, -0.2) is 0 Å². The molecule has 1 amide bonds. The molecule has 128 valence electrons. The summed E-state index contributed by atoms with van der Waals surface area (Å²) in [5.41, 5.74) is 7.78. The lowest BCUT2D eigenvalue weighted by atomic mass is 9.86. The van der Waals surface area contributed by atoms with Gasteiger partial charge in [-0.3, -0.25) is 14.6 Å². The Kier molecular flexibility index (Phi) is 4.13. The van der Waals surface area contributed by atoms with Crippen LogP contribution in [0.25, 0.3) is 22.2 Å². The van der Waals surface area contributed by atoms with Crippen LogP contribution >= 0.6 is 11.6 Å². The number of aromatic amines is 1. The predicted octanol–water partition coefficient (Wildman–Crippen LogP) is 3.64. The number of halogens is 1. The Bertz CT molecular complexity index is 1050. The Labute approximate surface area is 149 Å². The molecule has 0 fully saturated rings. The number of fused-ring (bicyclic) bond motifs is 1. The Hall–Kier alpha value is -2.66. The monoisotopic (exact) mass is 355 g/mol. The van der Waals surface area contributed by atoms with Gasteiger partial charge >= 0.3 is 0 Å². The van der Waals surface area contributed by atoms with Crippen LogP contribution in [0.5, 0.6) is 0 Å². The Morgan fingerprint density at radius 3 is 2.52 bits per heavy atom. The normalized spacial score (nSPS) is 11.7. The topological polar surface area (TPSA) is 88.8 Å². The third kappa shape index (κ3) is 3.15. The van der Waals surface area contributed by atoms with E-state index in [-0.39, 0.29) is 21.9 Å². The third-order valence-corrected chi connectivity index (χ3v) is 4.41. The average Bonchev–Trinajstić information content (AvgIpc) is 2.53. The fourth-order valence-corrected chi connectivity index (χ4v) is 3.01. The standard InChI is InChI=1S/C19H18ClN3O2/c1-19(2,3)10-4-5-11(12(20)8-10)14-9-15(24)16-13(23-14)6-7-22-17(16)18(21)25/h4-9H,1-3H3,(H2,21,25)(H,23,24). The fourth-order valence-electron chi connectivity index (χ4n) is 2.73. The summed E-state index contributed by atoms with van der Waals surface area (Å²) in [7, 11) is 0. The Morgan fingerprint density at radius 1 is 1.20 bits per heavy atom. The molecular weight excluding hydrogens is 338 g/mol. The van der Waals surface area contributed by atoms with Crippen molar-refractivity contribution in [3.63, 3.8) is 0 Å². The summed E-state index contributed by atoms with van der Waals surface area (Å²) >= 11 is 6.45. The minimum Gasteiger partial charge on any atom is -0.364 e. The maximum absolute atomic E-state index is 12.5. The lowest BCUT2D eigenvalue weighted by Gasteiger charge is -2.20. The smallest absolute Gasteiger partial charge is 0.268 e. The van der Waals surface area contributed by atoms with Gasteiger partial charge in [0.25, 0.3) is 5.91 Å². The van der Waals surface area contributed by atoms with Crippen molar-refractivity contribution in [3.05, 3.63) is 63.0 Å². The molecule has 0 saturated heterocycles. The van der Waals surface area contributed by atoms with Crippen molar-refractivity contribution >= 4 is 28.4 Å². The van der Waals surface area contributed by atoms with Gasteiger partial charge in [0.2, 0.25) is 0 Å². The highest BCUT2D eigenvalue weighted by molar-refractivity contribution is 6.33. The second kappa shape index (κ2) is 6.01. The Balaban J connectivity index is 2.21. The zero-order chi connectivity index (χ0) is 18.4. The fraction of sp³-hybridized carbons (Fsp3) is 0.211. The molecule has 0 aliphatic rings. The lowest BCUT2D eigenvalue weighted by molar-refractivity contribution is 0.0997. The highest BCUT2D eigenvalue weighted by Gasteiger charge is 2.17. The van der Waals surface area contributed by atoms with E-state index >= 15 is 0 Å². The maximum Gasteiger partial charge on any atom is 0.268 e. The van der Waals surface area contributed by atoms with Crippen LogP contribution in [0.3, 0.4) is 0 Å². The number of benzene rings is 1. The molecule has 0 bridgehead atoms. The van der Waals surface area contributed by atoms with Crippen LogP contribution in [0.1, 0.15) is 36.8 Å². The van der Waals surface area contributed by atoms with Crippen molar-refractivity contribution in [2.75, 3.05) is 0 Å². The second-order valence-electron chi connectivity index (χ2n) is 6.94. The first-order valence-electron chi connectivity index (χ1n) is 7.81. The largest absolute Gasteiger partial charge is 0.364 e. The highest BCUT2D eigenvalue weighted by atomic mass is 35.5. The number of amides is 1. The molecule has 1 aromatic carbocycles. The maximum atomic E-state index is 12.5. The van der Waals surface area contributed by atoms with E-state index in [1.165, 1.54) is 12.3 Å². The first-order chi connectivity index (χ1) is 11.7. The number of hydrogen-bond donors (Lipinski definition) is 2. The van der Waals surface area contributed by atoms with Gasteiger partial charge in [0.1, 0.15) is 5.69 Å². The van der Waals surface area contributed by atoms with Crippen LogP contribution < -0.4 is 11.2 Å². The van der Waals surface area contributed by atoms with E-state index in [1.54, 1.807) is 6.07 Å². The lowest BCUT2D eigenvalue weighted by Crippen LogP contribution is -2.17. The van der Waals surface area contributed by atoms with E-state index in [9.17, 15) is 9.59 Å². The molecule has 0 unspecified atom stereocenters. The predicted molar refractivity (Wildman–Crippen MR) is 100 cm³/mol. The molecule has 6 heteroatoms. The van der Waals surface area contributed by atoms with Crippen LogP contribution in [0.15, 0.2) is 41.3 Å². The molecule has 25 heavy (non-hydrogen) atoms. The van der Waals surface area contributed by atoms with E-state index in [0.717, 1.165) is 5.56 Å². The summed E-state index contributed by atoms with van der Waals surface area (Å²) in [6, 6.07) is 8.82. The van der Waals surface area contributed by atoms with Crippen molar-refractivity contribution in [3.8, 4) is 11.3 Å². The van der Waals surface area contributed by atoms with E-state index in [4.69, 9.17) is 17.3 Å². The van der Waals surface area contributed by atoms with Crippen molar-refractivity contribution < 1.29 is 4.79 Å². The van der Waals surface area contributed by atoms with Gasteiger partial charge in [-0.2, -0.15) is 0 Å². The van der Waals surface area contributed by atoms with E-state index in [0.29, 0.717) is 21.8 Å². The van der Waals surface area contributed by atoms with Crippen LogP contribution in [-0.4, -0.2) is 15.9 Å². The number of pyridine rings is 2. The molecule has 0 radical (unpaired) electrons.